The van der Waals surface area contributed by atoms with Gasteiger partial charge in [0.05, 0.1) is 0 Å². The lowest BCUT2D eigenvalue weighted by molar-refractivity contribution is -0.124. The van der Waals surface area contributed by atoms with Gasteiger partial charge in [-0.1, -0.05) is 29.8 Å². The van der Waals surface area contributed by atoms with Gasteiger partial charge in [-0.3, -0.25) is 20.4 Å². The minimum atomic E-state index is -0.830. The third kappa shape index (κ3) is 1.33. The average Bonchev–Trinajstić information content (AvgIpc) is 2.48. The van der Waals surface area contributed by atoms with Crippen LogP contribution in [0.15, 0.2) is 24.3 Å². The SMILES string of the molecule is O=C1NNC(=O)C1c1ccccc1Cl. The molecule has 0 bridgehead atoms. The lowest BCUT2D eigenvalue weighted by Gasteiger charge is -2.05. The highest BCUT2D eigenvalue weighted by Crippen LogP contribution is 2.26. The molecule has 1 fully saturated rings. The maximum atomic E-state index is 11.3. The van der Waals surface area contributed by atoms with Crippen LogP contribution in [-0.2, 0) is 9.59 Å². The van der Waals surface area contributed by atoms with Crippen molar-refractivity contribution in [2.24, 2.45) is 0 Å². The van der Waals surface area contributed by atoms with Crippen molar-refractivity contribution in [3.63, 3.8) is 0 Å². The van der Waals surface area contributed by atoms with E-state index >= 15 is 0 Å². The van der Waals surface area contributed by atoms with Gasteiger partial charge >= 0.3 is 0 Å². The molecule has 0 spiro atoms. The Hall–Kier alpha value is -1.55. The number of nitrogens with one attached hydrogen (secondary N) is 2. The molecule has 0 atom stereocenters. The summed E-state index contributed by atoms with van der Waals surface area (Å²) in [6.07, 6.45) is 0. The van der Waals surface area contributed by atoms with Crippen LogP contribution >= 0.6 is 11.6 Å². The minimum absolute atomic E-state index is 0.372. The number of hydrogen-bond donors (Lipinski definition) is 2. The molecule has 1 aromatic rings. The highest BCUT2D eigenvalue weighted by Gasteiger charge is 2.35. The molecular formula is C9H7ClN2O2. The third-order valence-electron chi connectivity index (χ3n) is 2.05. The number of hydrazine groups is 1. The van der Waals surface area contributed by atoms with Crippen LogP contribution in [0.1, 0.15) is 11.5 Å². The van der Waals surface area contributed by atoms with Gasteiger partial charge in [0, 0.05) is 5.02 Å². The number of carbonyl (C=O) groups is 2. The first-order valence-electron chi connectivity index (χ1n) is 4.04. The summed E-state index contributed by atoms with van der Waals surface area (Å²) < 4.78 is 0. The second-order valence-corrected chi connectivity index (χ2v) is 3.34. The van der Waals surface area contributed by atoms with Gasteiger partial charge in [0.25, 0.3) is 11.8 Å². The Bertz CT molecular complexity index is 390. The number of rotatable bonds is 1. The van der Waals surface area contributed by atoms with Crippen molar-refractivity contribution in [2.45, 2.75) is 5.92 Å². The maximum Gasteiger partial charge on any atom is 0.255 e. The molecule has 2 N–H and O–H groups in total. The Morgan fingerprint density at radius 3 is 2.21 bits per heavy atom. The van der Waals surface area contributed by atoms with Crippen LogP contribution in [0.25, 0.3) is 0 Å². The topological polar surface area (TPSA) is 58.2 Å². The first-order chi connectivity index (χ1) is 6.70. The van der Waals surface area contributed by atoms with Crippen LogP contribution in [-0.4, -0.2) is 11.8 Å². The fraction of sp³-hybridized carbons (Fsp3) is 0.111. The van der Waals surface area contributed by atoms with E-state index in [1.807, 2.05) is 0 Å². The number of hydrogen-bond acceptors (Lipinski definition) is 2. The van der Waals surface area contributed by atoms with Crippen LogP contribution in [0.5, 0.6) is 0 Å². The van der Waals surface area contributed by atoms with Gasteiger partial charge in [-0.15, -0.1) is 0 Å². The van der Waals surface area contributed by atoms with Crippen LogP contribution in [0, 0.1) is 0 Å². The van der Waals surface area contributed by atoms with E-state index in [0.717, 1.165) is 0 Å². The van der Waals surface area contributed by atoms with Gasteiger partial charge in [0.2, 0.25) is 0 Å². The van der Waals surface area contributed by atoms with Crippen LogP contribution in [0.2, 0.25) is 5.02 Å². The van der Waals surface area contributed by atoms with Crippen LogP contribution in [0.3, 0.4) is 0 Å². The van der Waals surface area contributed by atoms with Gasteiger partial charge in [-0.2, -0.15) is 0 Å². The van der Waals surface area contributed by atoms with E-state index < -0.39 is 5.92 Å². The molecule has 14 heavy (non-hydrogen) atoms. The summed E-state index contributed by atoms with van der Waals surface area (Å²) in [5.41, 5.74) is 5.03. The summed E-state index contributed by atoms with van der Waals surface area (Å²) in [7, 11) is 0. The number of carbonyl (C=O) groups excluding carboxylic acids is 2. The van der Waals surface area contributed by atoms with Crippen molar-refractivity contribution in [1.29, 1.82) is 0 Å². The van der Waals surface area contributed by atoms with Crippen molar-refractivity contribution in [3.05, 3.63) is 34.9 Å². The quantitative estimate of drug-likeness (QED) is 0.667. The minimum Gasteiger partial charge on any atom is -0.272 e. The molecule has 72 valence electrons. The Kier molecular flexibility index (Phi) is 2.13. The molecule has 0 aliphatic carbocycles. The van der Waals surface area contributed by atoms with E-state index in [1.165, 1.54) is 0 Å². The molecule has 1 saturated heterocycles. The fourth-order valence-corrected chi connectivity index (χ4v) is 1.62. The Morgan fingerprint density at radius 1 is 1.07 bits per heavy atom. The molecule has 1 aliphatic rings. The van der Waals surface area contributed by atoms with Gasteiger partial charge < -0.3 is 0 Å². The van der Waals surface area contributed by atoms with E-state index in [-0.39, 0.29) is 11.8 Å². The maximum absolute atomic E-state index is 11.3. The molecule has 2 amide bonds. The molecule has 4 nitrogen and oxygen atoms in total. The van der Waals surface area contributed by atoms with Gasteiger partial charge in [-0.05, 0) is 11.6 Å². The Balaban J connectivity index is 2.44. The molecule has 2 rings (SSSR count). The van der Waals surface area contributed by atoms with Crippen LogP contribution in [0.4, 0.5) is 0 Å². The summed E-state index contributed by atoms with van der Waals surface area (Å²) in [4.78, 5) is 22.6. The predicted molar refractivity (Wildman–Crippen MR) is 50.5 cm³/mol. The van der Waals surface area contributed by atoms with Crippen molar-refractivity contribution in [1.82, 2.24) is 10.9 Å². The molecule has 1 aromatic carbocycles. The highest BCUT2D eigenvalue weighted by atomic mass is 35.5. The zero-order chi connectivity index (χ0) is 10.1. The van der Waals surface area contributed by atoms with Gasteiger partial charge in [0.15, 0.2) is 0 Å². The van der Waals surface area contributed by atoms with Gasteiger partial charge in [-0.25, -0.2) is 0 Å². The molecule has 0 unspecified atom stereocenters. The summed E-state index contributed by atoms with van der Waals surface area (Å²) in [5.74, 6) is -1.57. The smallest absolute Gasteiger partial charge is 0.255 e. The summed E-state index contributed by atoms with van der Waals surface area (Å²) in [6.45, 7) is 0. The Labute approximate surface area is 85.2 Å². The van der Waals surface area contributed by atoms with Crippen molar-refractivity contribution in [3.8, 4) is 0 Å². The van der Waals surface area contributed by atoms with Crippen LogP contribution < -0.4 is 10.9 Å². The average molecular weight is 211 g/mol. The number of amides is 2. The van der Waals surface area contributed by atoms with E-state index in [0.29, 0.717) is 10.6 Å². The lowest BCUT2D eigenvalue weighted by Crippen LogP contribution is -2.28. The first kappa shape index (κ1) is 9.02. The van der Waals surface area contributed by atoms with E-state index in [4.69, 9.17) is 11.6 Å². The number of halogens is 1. The number of benzene rings is 1. The Morgan fingerprint density at radius 2 is 1.64 bits per heavy atom. The van der Waals surface area contributed by atoms with E-state index in [1.54, 1.807) is 24.3 Å². The summed E-state index contributed by atoms with van der Waals surface area (Å²) >= 11 is 5.87. The molecule has 1 aliphatic heterocycles. The molecule has 0 saturated carbocycles. The van der Waals surface area contributed by atoms with E-state index in [2.05, 4.69) is 10.9 Å². The van der Waals surface area contributed by atoms with E-state index in [9.17, 15) is 9.59 Å². The van der Waals surface area contributed by atoms with Crippen molar-refractivity contribution in [2.75, 3.05) is 0 Å². The van der Waals surface area contributed by atoms with Gasteiger partial charge in [0.1, 0.15) is 5.92 Å². The molecule has 5 heteroatoms. The molecular weight excluding hydrogens is 204 g/mol. The van der Waals surface area contributed by atoms with Crippen molar-refractivity contribution < 1.29 is 9.59 Å². The third-order valence-corrected chi connectivity index (χ3v) is 2.39. The predicted octanol–water partition coefficient (Wildman–Crippen LogP) is 0.585. The summed E-state index contributed by atoms with van der Waals surface area (Å²) in [5, 5.41) is 0.421. The normalized spacial score (nSPS) is 16.6. The fourth-order valence-electron chi connectivity index (χ4n) is 1.38. The molecule has 1 heterocycles. The lowest BCUT2D eigenvalue weighted by atomic mass is 9.99. The molecule has 0 radical (unpaired) electrons. The van der Waals surface area contributed by atoms with Crippen molar-refractivity contribution >= 4 is 23.4 Å². The standard InChI is InChI=1S/C9H7ClN2O2/c10-6-4-2-1-3-5(6)7-8(13)11-12-9(7)14/h1-4,7H,(H,11,13)(H,12,14). The monoisotopic (exact) mass is 210 g/mol. The highest BCUT2D eigenvalue weighted by molar-refractivity contribution is 6.32. The second kappa shape index (κ2) is 3.31. The first-order valence-corrected chi connectivity index (χ1v) is 4.42. The zero-order valence-electron chi connectivity index (χ0n) is 7.08. The second-order valence-electron chi connectivity index (χ2n) is 2.93. The molecule has 0 aromatic heterocycles. The zero-order valence-corrected chi connectivity index (χ0v) is 7.84. The summed E-state index contributed by atoms with van der Waals surface area (Å²) in [6, 6.07) is 6.80. The largest absolute Gasteiger partial charge is 0.272 e.